The minimum absolute atomic E-state index is 0.287. The van der Waals surface area contributed by atoms with Crippen LogP contribution in [-0.2, 0) is 14.3 Å². The first-order valence-corrected chi connectivity index (χ1v) is 6.37. The van der Waals surface area contributed by atoms with Crippen molar-refractivity contribution < 1.29 is 19.4 Å². The number of benzene rings is 1. The molecule has 102 valence electrons. The van der Waals surface area contributed by atoms with Crippen LogP contribution >= 0.6 is 0 Å². The van der Waals surface area contributed by atoms with Gasteiger partial charge in [0.1, 0.15) is 12.1 Å². The van der Waals surface area contributed by atoms with E-state index < -0.39 is 11.9 Å². The molecular formula is C14H17NO4. The normalized spacial score (nSPS) is 33.3. The Morgan fingerprint density at radius 1 is 1.32 bits per heavy atom. The lowest BCUT2D eigenvalue weighted by Gasteiger charge is -2.46. The number of carbonyl (C=O) groups excluding carboxylic acids is 1. The number of aliphatic hydroxyl groups excluding tert-OH is 1. The van der Waals surface area contributed by atoms with Gasteiger partial charge in [0.2, 0.25) is 0 Å². The molecular weight excluding hydrogens is 246 g/mol. The molecule has 3 rings (SSSR count). The van der Waals surface area contributed by atoms with E-state index in [1.807, 2.05) is 44.2 Å². The van der Waals surface area contributed by atoms with Gasteiger partial charge in [0.15, 0.2) is 11.9 Å². The Balaban J connectivity index is 1.83. The Labute approximate surface area is 111 Å². The minimum Gasteiger partial charge on any atom is -0.381 e. The summed E-state index contributed by atoms with van der Waals surface area (Å²) >= 11 is 0. The topological polar surface area (TPSA) is 59.0 Å². The summed E-state index contributed by atoms with van der Waals surface area (Å²) in [5.41, 5.74) is 0.774. The highest BCUT2D eigenvalue weighted by molar-refractivity contribution is 6.04. The highest BCUT2D eigenvalue weighted by Crippen LogP contribution is 2.35. The maximum absolute atomic E-state index is 11.9. The molecule has 0 bridgehead atoms. The maximum Gasteiger partial charge on any atom is 0.258 e. The first-order valence-electron chi connectivity index (χ1n) is 6.37. The summed E-state index contributed by atoms with van der Waals surface area (Å²) in [6.07, 6.45) is -1.31. The van der Waals surface area contributed by atoms with Gasteiger partial charge in [-0.2, -0.15) is 0 Å². The van der Waals surface area contributed by atoms with Crippen LogP contribution in [0.3, 0.4) is 0 Å². The van der Waals surface area contributed by atoms with E-state index in [4.69, 9.17) is 9.47 Å². The first kappa shape index (κ1) is 12.6. The molecule has 0 aromatic heterocycles. The van der Waals surface area contributed by atoms with Crippen LogP contribution in [0.25, 0.3) is 0 Å². The predicted octanol–water partition coefficient (Wildman–Crippen LogP) is 0.914. The summed E-state index contributed by atoms with van der Waals surface area (Å²) in [5.74, 6) is -0.949. The molecule has 2 aliphatic heterocycles. The molecule has 2 aliphatic rings. The molecule has 1 aromatic rings. The van der Waals surface area contributed by atoms with Crippen molar-refractivity contribution in [2.45, 2.75) is 37.9 Å². The number of nitrogens with zero attached hydrogens (tertiary/aromatic N) is 1. The van der Waals surface area contributed by atoms with Crippen LogP contribution in [0.4, 0.5) is 5.69 Å². The average molecular weight is 263 g/mol. The zero-order chi connectivity index (χ0) is 13.6. The van der Waals surface area contributed by atoms with Crippen LogP contribution < -0.4 is 4.90 Å². The fourth-order valence-corrected chi connectivity index (χ4v) is 2.64. The number of β-lactam (4-membered cyclic amide) rings is 1. The Morgan fingerprint density at radius 3 is 2.58 bits per heavy atom. The summed E-state index contributed by atoms with van der Waals surface area (Å²) in [6, 6.07) is 8.92. The minimum atomic E-state index is -1.01. The molecule has 1 aromatic carbocycles. The van der Waals surface area contributed by atoms with Gasteiger partial charge in [-0.15, -0.1) is 0 Å². The fourth-order valence-electron chi connectivity index (χ4n) is 2.64. The van der Waals surface area contributed by atoms with Crippen LogP contribution in [0, 0.1) is 0 Å². The average Bonchev–Trinajstić information content (AvgIpc) is 2.75. The highest BCUT2D eigenvalue weighted by Gasteiger charge is 2.54. The van der Waals surface area contributed by atoms with Crippen LogP contribution in [0.5, 0.6) is 0 Å². The van der Waals surface area contributed by atoms with Gasteiger partial charge in [0.25, 0.3) is 5.91 Å². The van der Waals surface area contributed by atoms with Crippen LogP contribution in [0.2, 0.25) is 0 Å². The molecule has 2 heterocycles. The van der Waals surface area contributed by atoms with E-state index in [1.165, 1.54) is 0 Å². The second-order valence-corrected chi connectivity index (χ2v) is 5.35. The third kappa shape index (κ3) is 2.04. The molecule has 0 aliphatic carbocycles. The fraction of sp³-hybridized carbons (Fsp3) is 0.500. The van der Waals surface area contributed by atoms with E-state index in [0.29, 0.717) is 6.61 Å². The van der Waals surface area contributed by atoms with Gasteiger partial charge in [-0.05, 0) is 26.0 Å². The van der Waals surface area contributed by atoms with E-state index in [-0.39, 0.29) is 18.1 Å². The largest absolute Gasteiger partial charge is 0.381 e. The molecule has 1 N–H and O–H groups in total. The number of para-hydroxylation sites is 1. The van der Waals surface area contributed by atoms with E-state index in [9.17, 15) is 9.90 Å². The van der Waals surface area contributed by atoms with Gasteiger partial charge in [0.05, 0.1) is 6.61 Å². The molecule has 2 saturated heterocycles. The van der Waals surface area contributed by atoms with Crippen molar-refractivity contribution in [1.29, 1.82) is 0 Å². The van der Waals surface area contributed by atoms with Gasteiger partial charge in [-0.3, -0.25) is 4.79 Å². The second-order valence-electron chi connectivity index (χ2n) is 5.35. The predicted molar refractivity (Wildman–Crippen MR) is 68.6 cm³/mol. The van der Waals surface area contributed by atoms with E-state index >= 15 is 0 Å². The van der Waals surface area contributed by atoms with Crippen LogP contribution in [-0.4, -0.2) is 41.7 Å². The standard InChI is InChI=1S/C14H17NO4/c1-14(2)18-8-10(19-14)11-12(16)13(17)15(11)9-6-4-3-5-7-9/h3-7,10-12,16H,8H2,1-2H3/t10?,11-,12+/m0/s1. The SMILES string of the molecule is CC1(C)OCC([C@H]2[C@@H](O)C(=O)N2c2ccccc2)O1. The summed E-state index contributed by atoms with van der Waals surface area (Å²) < 4.78 is 11.3. The Morgan fingerprint density at radius 2 is 2.00 bits per heavy atom. The number of rotatable bonds is 2. The molecule has 5 heteroatoms. The number of hydrogen-bond acceptors (Lipinski definition) is 4. The zero-order valence-corrected chi connectivity index (χ0v) is 10.9. The van der Waals surface area contributed by atoms with Gasteiger partial charge >= 0.3 is 0 Å². The smallest absolute Gasteiger partial charge is 0.258 e. The monoisotopic (exact) mass is 263 g/mol. The number of ether oxygens (including phenoxy) is 2. The van der Waals surface area contributed by atoms with Crippen molar-refractivity contribution in [3.63, 3.8) is 0 Å². The third-order valence-electron chi connectivity index (χ3n) is 3.56. The molecule has 0 spiro atoms. The van der Waals surface area contributed by atoms with Gasteiger partial charge in [-0.1, -0.05) is 18.2 Å². The first-order chi connectivity index (χ1) is 8.99. The van der Waals surface area contributed by atoms with Gasteiger partial charge in [-0.25, -0.2) is 0 Å². The Bertz CT molecular complexity index is 487. The number of carbonyl (C=O) groups is 1. The number of aliphatic hydroxyl groups is 1. The molecule has 1 unspecified atom stereocenters. The molecule has 19 heavy (non-hydrogen) atoms. The lowest BCUT2D eigenvalue weighted by Crippen LogP contribution is -2.70. The highest BCUT2D eigenvalue weighted by atomic mass is 16.7. The van der Waals surface area contributed by atoms with Crippen molar-refractivity contribution in [2.24, 2.45) is 0 Å². The summed E-state index contributed by atoms with van der Waals surface area (Å²) in [6.45, 7) is 4.03. The van der Waals surface area contributed by atoms with Crippen LogP contribution in [0.15, 0.2) is 30.3 Å². The summed E-state index contributed by atoms with van der Waals surface area (Å²) in [5, 5.41) is 9.91. The van der Waals surface area contributed by atoms with E-state index in [2.05, 4.69) is 0 Å². The Kier molecular flexibility index (Phi) is 2.85. The molecule has 2 fully saturated rings. The van der Waals surface area contributed by atoms with Gasteiger partial charge < -0.3 is 19.5 Å². The summed E-state index contributed by atoms with van der Waals surface area (Å²) in [7, 11) is 0. The van der Waals surface area contributed by atoms with Crippen molar-refractivity contribution in [3.8, 4) is 0 Å². The van der Waals surface area contributed by atoms with Crippen LogP contribution in [0.1, 0.15) is 13.8 Å². The molecule has 5 nitrogen and oxygen atoms in total. The number of anilines is 1. The van der Waals surface area contributed by atoms with Crippen molar-refractivity contribution >= 4 is 11.6 Å². The maximum atomic E-state index is 11.9. The second kappa shape index (κ2) is 4.30. The lowest BCUT2D eigenvalue weighted by atomic mass is 9.92. The third-order valence-corrected chi connectivity index (χ3v) is 3.56. The van der Waals surface area contributed by atoms with E-state index in [0.717, 1.165) is 5.69 Å². The lowest BCUT2D eigenvalue weighted by molar-refractivity contribution is -0.158. The molecule has 3 atom stereocenters. The molecule has 0 saturated carbocycles. The number of amides is 1. The molecule has 0 radical (unpaired) electrons. The zero-order valence-electron chi connectivity index (χ0n) is 10.9. The molecule has 1 amide bonds. The van der Waals surface area contributed by atoms with Crippen molar-refractivity contribution in [2.75, 3.05) is 11.5 Å². The Hall–Kier alpha value is -1.43. The number of hydrogen-bond donors (Lipinski definition) is 1. The van der Waals surface area contributed by atoms with E-state index in [1.54, 1.807) is 4.90 Å². The van der Waals surface area contributed by atoms with Gasteiger partial charge in [0, 0.05) is 5.69 Å². The summed E-state index contributed by atoms with van der Waals surface area (Å²) in [4.78, 5) is 13.5. The van der Waals surface area contributed by atoms with Crippen molar-refractivity contribution in [1.82, 2.24) is 0 Å². The quantitative estimate of drug-likeness (QED) is 0.806. The van der Waals surface area contributed by atoms with Crippen molar-refractivity contribution in [3.05, 3.63) is 30.3 Å².